The molecule has 1 saturated carbocycles. The molecule has 0 aromatic heterocycles. The summed E-state index contributed by atoms with van der Waals surface area (Å²) in [6.07, 6.45) is 5.31. The zero-order valence-corrected chi connectivity index (χ0v) is 16.2. The number of aliphatic hydroxyl groups is 1. The number of benzene rings is 1. The highest BCUT2D eigenvalue weighted by Gasteiger charge is 2.28. The molecule has 0 spiro atoms. The Morgan fingerprint density at radius 3 is 2.10 bits per heavy atom. The van der Waals surface area contributed by atoms with Crippen LogP contribution in [0.2, 0.25) is 0 Å². The average molecular weight is 524 g/mol. The van der Waals surface area contributed by atoms with E-state index in [1.165, 1.54) is 19.3 Å². The SMILES string of the molecule is Cl.N[C@@H](c1cc(I)c(O)c(I)c1)[C@H](O)C1CCCCC1. The molecule has 114 valence electrons. The van der Waals surface area contributed by atoms with Crippen molar-refractivity contribution < 1.29 is 10.2 Å². The van der Waals surface area contributed by atoms with Gasteiger partial charge in [-0.05, 0) is 81.6 Å². The zero-order valence-electron chi connectivity index (χ0n) is 11.1. The summed E-state index contributed by atoms with van der Waals surface area (Å²) in [7, 11) is 0. The van der Waals surface area contributed by atoms with Gasteiger partial charge in [0.25, 0.3) is 0 Å². The number of nitrogens with two attached hydrogens (primary N) is 1. The number of aromatic hydroxyl groups is 1. The third-order valence-corrected chi connectivity index (χ3v) is 5.57. The van der Waals surface area contributed by atoms with Gasteiger partial charge in [0.1, 0.15) is 5.75 Å². The van der Waals surface area contributed by atoms with E-state index in [9.17, 15) is 10.2 Å². The van der Waals surface area contributed by atoms with Crippen LogP contribution >= 0.6 is 57.6 Å². The van der Waals surface area contributed by atoms with Crippen LogP contribution in [0.4, 0.5) is 0 Å². The molecule has 2 atom stereocenters. The Morgan fingerprint density at radius 1 is 1.10 bits per heavy atom. The van der Waals surface area contributed by atoms with E-state index in [-0.39, 0.29) is 18.4 Å². The van der Waals surface area contributed by atoms with Crippen LogP contribution in [0.5, 0.6) is 5.75 Å². The number of halogens is 3. The number of phenols is 1. The number of hydrogen-bond donors (Lipinski definition) is 3. The Bertz CT molecular complexity index is 430. The molecule has 1 aromatic carbocycles. The molecule has 0 unspecified atom stereocenters. The molecule has 1 aromatic rings. The van der Waals surface area contributed by atoms with Gasteiger partial charge in [0.2, 0.25) is 0 Å². The highest BCUT2D eigenvalue weighted by Crippen LogP contribution is 2.34. The molecule has 3 nitrogen and oxygen atoms in total. The van der Waals surface area contributed by atoms with Crippen molar-refractivity contribution >= 4 is 57.6 Å². The van der Waals surface area contributed by atoms with Crippen LogP contribution in [0.3, 0.4) is 0 Å². The summed E-state index contributed by atoms with van der Waals surface area (Å²) in [6, 6.07) is 3.37. The van der Waals surface area contributed by atoms with Crippen molar-refractivity contribution in [2.75, 3.05) is 0 Å². The minimum Gasteiger partial charge on any atom is -0.506 e. The predicted molar refractivity (Wildman–Crippen MR) is 100 cm³/mol. The fourth-order valence-corrected chi connectivity index (χ4v) is 4.56. The summed E-state index contributed by atoms with van der Waals surface area (Å²) >= 11 is 4.19. The summed E-state index contributed by atoms with van der Waals surface area (Å²) in [5.74, 6) is 0.609. The molecule has 1 aliphatic rings. The number of rotatable bonds is 3. The van der Waals surface area contributed by atoms with E-state index < -0.39 is 6.10 Å². The van der Waals surface area contributed by atoms with Crippen molar-refractivity contribution in [3.8, 4) is 5.75 Å². The summed E-state index contributed by atoms with van der Waals surface area (Å²) < 4.78 is 1.57. The van der Waals surface area contributed by atoms with Crippen molar-refractivity contribution in [3.63, 3.8) is 0 Å². The van der Waals surface area contributed by atoms with Gasteiger partial charge in [-0.3, -0.25) is 0 Å². The van der Waals surface area contributed by atoms with Gasteiger partial charge >= 0.3 is 0 Å². The second-order valence-electron chi connectivity index (χ2n) is 5.25. The molecule has 0 radical (unpaired) electrons. The fraction of sp³-hybridized carbons (Fsp3) is 0.571. The Labute approximate surface area is 153 Å². The highest BCUT2D eigenvalue weighted by molar-refractivity contribution is 14.1. The Balaban J connectivity index is 0.00000200. The molecule has 0 heterocycles. The van der Waals surface area contributed by atoms with E-state index in [1.54, 1.807) is 0 Å². The number of aliphatic hydroxyl groups excluding tert-OH is 1. The molecule has 6 heteroatoms. The van der Waals surface area contributed by atoms with Gasteiger partial charge in [-0.25, -0.2) is 0 Å². The largest absolute Gasteiger partial charge is 0.506 e. The minimum atomic E-state index is -0.489. The van der Waals surface area contributed by atoms with E-state index in [0.717, 1.165) is 25.5 Å². The van der Waals surface area contributed by atoms with Gasteiger partial charge in [0, 0.05) is 0 Å². The maximum Gasteiger partial charge on any atom is 0.142 e. The molecule has 0 saturated heterocycles. The number of phenolic OH excluding ortho intramolecular Hbond substituents is 1. The lowest BCUT2D eigenvalue weighted by molar-refractivity contribution is 0.0617. The molecule has 4 N–H and O–H groups in total. The first-order valence-corrected chi connectivity index (χ1v) is 8.78. The summed E-state index contributed by atoms with van der Waals surface area (Å²) in [5.41, 5.74) is 7.13. The monoisotopic (exact) mass is 523 g/mol. The van der Waals surface area contributed by atoms with E-state index in [4.69, 9.17) is 5.73 Å². The van der Waals surface area contributed by atoms with E-state index in [1.807, 2.05) is 12.1 Å². The van der Waals surface area contributed by atoms with Crippen LogP contribution in [0.15, 0.2) is 12.1 Å². The van der Waals surface area contributed by atoms with Crippen LogP contribution in [0.25, 0.3) is 0 Å². The van der Waals surface area contributed by atoms with Crippen molar-refractivity contribution in [2.45, 2.75) is 44.2 Å². The average Bonchev–Trinajstić information content (AvgIpc) is 2.43. The quantitative estimate of drug-likeness (QED) is 0.526. The molecular formula is C14H20ClI2NO2. The Hall–Kier alpha value is 0.690. The van der Waals surface area contributed by atoms with Crippen molar-refractivity contribution in [1.82, 2.24) is 0 Å². The molecular weight excluding hydrogens is 503 g/mol. The van der Waals surface area contributed by atoms with Crippen LogP contribution < -0.4 is 5.73 Å². The molecule has 0 aliphatic heterocycles. The van der Waals surface area contributed by atoms with Crippen molar-refractivity contribution in [2.24, 2.45) is 11.7 Å². The predicted octanol–water partition coefficient (Wildman–Crippen LogP) is 3.96. The standard InChI is InChI=1S/C14H19I2NO2.ClH/c15-10-6-9(7-11(16)14(10)19)12(17)13(18)8-4-2-1-3-5-8;/h6-8,12-13,18-19H,1-5,17H2;1H/t12-,13+;/m0./s1. The normalized spacial score (nSPS) is 19.2. The fourth-order valence-electron chi connectivity index (χ4n) is 2.74. The molecule has 20 heavy (non-hydrogen) atoms. The van der Waals surface area contributed by atoms with Gasteiger partial charge in [-0.15, -0.1) is 12.4 Å². The Morgan fingerprint density at radius 2 is 1.60 bits per heavy atom. The molecule has 1 fully saturated rings. The molecule has 1 aliphatic carbocycles. The summed E-state index contributed by atoms with van der Waals surface area (Å²) in [4.78, 5) is 0. The smallest absolute Gasteiger partial charge is 0.142 e. The maximum absolute atomic E-state index is 10.5. The lowest BCUT2D eigenvalue weighted by Gasteiger charge is -2.30. The number of hydrogen-bond acceptors (Lipinski definition) is 3. The first kappa shape index (κ1) is 18.7. The maximum atomic E-state index is 10.5. The van der Waals surface area contributed by atoms with Crippen LogP contribution in [-0.4, -0.2) is 16.3 Å². The van der Waals surface area contributed by atoms with E-state index in [0.29, 0.717) is 11.7 Å². The second kappa shape index (κ2) is 8.36. The molecule has 0 bridgehead atoms. The van der Waals surface area contributed by atoms with Crippen molar-refractivity contribution in [1.29, 1.82) is 0 Å². The van der Waals surface area contributed by atoms with Crippen molar-refractivity contribution in [3.05, 3.63) is 24.8 Å². The first-order valence-electron chi connectivity index (χ1n) is 6.62. The topological polar surface area (TPSA) is 66.5 Å². The first-order chi connectivity index (χ1) is 9.00. The van der Waals surface area contributed by atoms with E-state index in [2.05, 4.69) is 45.2 Å². The minimum absolute atomic E-state index is 0. The van der Waals surface area contributed by atoms with E-state index >= 15 is 0 Å². The van der Waals surface area contributed by atoms with Crippen LogP contribution in [0, 0.1) is 13.1 Å². The lowest BCUT2D eigenvalue weighted by atomic mass is 9.81. The Kier molecular flexibility index (Phi) is 7.83. The molecule has 0 amide bonds. The lowest BCUT2D eigenvalue weighted by Crippen LogP contribution is -2.34. The van der Waals surface area contributed by atoms with Gasteiger partial charge in [-0.2, -0.15) is 0 Å². The van der Waals surface area contributed by atoms with Gasteiger partial charge in [0.15, 0.2) is 0 Å². The van der Waals surface area contributed by atoms with Gasteiger partial charge < -0.3 is 15.9 Å². The zero-order chi connectivity index (χ0) is 14.0. The van der Waals surface area contributed by atoms with Gasteiger partial charge in [-0.1, -0.05) is 19.3 Å². The third kappa shape index (κ3) is 4.34. The summed E-state index contributed by atoms with van der Waals surface area (Å²) in [5, 5.41) is 20.2. The van der Waals surface area contributed by atoms with Crippen LogP contribution in [0.1, 0.15) is 43.7 Å². The van der Waals surface area contributed by atoms with Crippen LogP contribution in [-0.2, 0) is 0 Å². The summed E-state index contributed by atoms with van der Waals surface area (Å²) in [6.45, 7) is 0. The second-order valence-corrected chi connectivity index (χ2v) is 7.57. The third-order valence-electron chi connectivity index (χ3n) is 3.92. The highest BCUT2D eigenvalue weighted by atomic mass is 127. The van der Waals surface area contributed by atoms with Gasteiger partial charge in [0.05, 0.1) is 19.3 Å². The molecule has 2 rings (SSSR count).